The molecule has 8 nitrogen and oxygen atoms in total. The summed E-state index contributed by atoms with van der Waals surface area (Å²) in [6.07, 6.45) is -1.26. The van der Waals surface area contributed by atoms with E-state index in [-0.39, 0.29) is 28.9 Å². The summed E-state index contributed by atoms with van der Waals surface area (Å²) in [5.41, 5.74) is 8.98. The highest BCUT2D eigenvalue weighted by molar-refractivity contribution is 5.82. The number of rotatable bonds is 9. The summed E-state index contributed by atoms with van der Waals surface area (Å²) >= 11 is 0. The minimum atomic E-state index is -1.26. The van der Waals surface area contributed by atoms with E-state index in [9.17, 15) is 20.1 Å². The molecule has 3 rings (SSSR count). The van der Waals surface area contributed by atoms with Crippen molar-refractivity contribution in [2.45, 2.75) is 51.3 Å². The number of carbonyl (C=O) groups excluding carboxylic acids is 1. The van der Waals surface area contributed by atoms with Gasteiger partial charge >= 0.3 is 0 Å². The van der Waals surface area contributed by atoms with Crippen LogP contribution in [-0.2, 0) is 16.1 Å². The summed E-state index contributed by atoms with van der Waals surface area (Å²) in [4.78, 5) is 15.0. The monoisotopic (exact) mass is 471 g/mol. The van der Waals surface area contributed by atoms with E-state index in [1.807, 2.05) is 38.1 Å². The third kappa shape index (κ3) is 6.07. The first-order chi connectivity index (χ1) is 16.2. The summed E-state index contributed by atoms with van der Waals surface area (Å²) in [6, 6.07) is 9.48. The average molecular weight is 472 g/mol. The number of aliphatic hydroxyl groups excluding tert-OH is 1. The van der Waals surface area contributed by atoms with Gasteiger partial charge in [0.05, 0.1) is 25.4 Å². The van der Waals surface area contributed by atoms with Gasteiger partial charge in [-0.3, -0.25) is 9.69 Å². The lowest BCUT2D eigenvalue weighted by Crippen LogP contribution is -2.46. The zero-order valence-corrected chi connectivity index (χ0v) is 20.2. The third-order valence-corrected chi connectivity index (χ3v) is 6.37. The highest BCUT2D eigenvalue weighted by Gasteiger charge is 2.35. The predicted molar refractivity (Wildman–Crippen MR) is 131 cm³/mol. The number of aromatic hydroxyl groups is 2. The van der Waals surface area contributed by atoms with Gasteiger partial charge in [-0.05, 0) is 35.6 Å². The maximum Gasteiger partial charge on any atom is 0.237 e. The molecule has 0 aromatic heterocycles. The molecule has 1 saturated heterocycles. The standard InChI is InChI=1S/C26H37N3O5/c1-4-28-26(33)24(27)23(25(32)20-13-19(16(2)3)21(30)14-22(20)31)18-7-5-17(6-8-18)15-29-9-11-34-12-10-29/h5-8,13-14,16,23-25,30-32H,4,9-12,15,27H2,1-3H3,(H,28,33). The fourth-order valence-corrected chi connectivity index (χ4v) is 4.41. The molecule has 0 saturated carbocycles. The highest BCUT2D eigenvalue weighted by atomic mass is 16.5. The zero-order valence-electron chi connectivity index (χ0n) is 20.2. The molecule has 2 aromatic rings. The van der Waals surface area contributed by atoms with Crippen molar-refractivity contribution in [1.82, 2.24) is 10.2 Å². The van der Waals surface area contributed by atoms with Crippen molar-refractivity contribution in [3.8, 4) is 11.5 Å². The molecule has 1 amide bonds. The second kappa shape index (κ2) is 11.7. The molecule has 1 aliphatic heterocycles. The third-order valence-electron chi connectivity index (χ3n) is 6.37. The first kappa shape index (κ1) is 26.0. The Morgan fingerprint density at radius 3 is 2.29 bits per heavy atom. The summed E-state index contributed by atoms with van der Waals surface area (Å²) in [7, 11) is 0. The topological polar surface area (TPSA) is 128 Å². The largest absolute Gasteiger partial charge is 0.508 e. The summed E-state index contributed by atoms with van der Waals surface area (Å²) in [6.45, 7) is 10.0. The van der Waals surface area contributed by atoms with E-state index >= 15 is 0 Å². The van der Waals surface area contributed by atoms with Crippen LogP contribution in [0.4, 0.5) is 0 Å². The Balaban J connectivity index is 1.94. The molecule has 1 fully saturated rings. The van der Waals surface area contributed by atoms with Gasteiger partial charge in [0.2, 0.25) is 5.91 Å². The van der Waals surface area contributed by atoms with Gasteiger partial charge in [-0.1, -0.05) is 38.1 Å². The Morgan fingerprint density at radius 1 is 1.09 bits per heavy atom. The number of hydrogen-bond donors (Lipinski definition) is 5. The number of morpholine rings is 1. The van der Waals surface area contributed by atoms with Crippen LogP contribution in [0.1, 0.15) is 61.0 Å². The van der Waals surface area contributed by atoms with E-state index in [0.717, 1.165) is 38.4 Å². The molecular formula is C26H37N3O5. The number of nitrogens with zero attached hydrogens (tertiary/aromatic N) is 1. The molecule has 8 heteroatoms. The minimum absolute atomic E-state index is 0.0264. The Kier molecular flexibility index (Phi) is 8.90. The predicted octanol–water partition coefficient (Wildman–Crippen LogP) is 2.33. The van der Waals surface area contributed by atoms with E-state index in [1.54, 1.807) is 13.0 Å². The SMILES string of the molecule is CCNC(=O)C(N)C(c1ccc(CN2CCOCC2)cc1)C(O)c1cc(C(C)C)c(O)cc1O. The van der Waals surface area contributed by atoms with Crippen LogP contribution in [-0.4, -0.2) is 65.0 Å². The van der Waals surface area contributed by atoms with Gasteiger partial charge in [-0.25, -0.2) is 0 Å². The van der Waals surface area contributed by atoms with Crippen LogP contribution >= 0.6 is 0 Å². The first-order valence-electron chi connectivity index (χ1n) is 11.9. The fraction of sp³-hybridized carbons (Fsp3) is 0.500. The van der Waals surface area contributed by atoms with Crippen LogP contribution < -0.4 is 11.1 Å². The Morgan fingerprint density at radius 2 is 1.71 bits per heavy atom. The Hall–Kier alpha value is -2.65. The number of nitrogens with two attached hydrogens (primary N) is 1. The van der Waals surface area contributed by atoms with Gasteiger partial charge in [-0.2, -0.15) is 0 Å². The number of nitrogens with one attached hydrogen (secondary N) is 1. The zero-order chi connectivity index (χ0) is 24.8. The molecule has 1 heterocycles. The van der Waals surface area contributed by atoms with Crippen molar-refractivity contribution < 1.29 is 24.9 Å². The quantitative estimate of drug-likeness (QED) is 0.380. The summed E-state index contributed by atoms with van der Waals surface area (Å²) < 4.78 is 5.41. The van der Waals surface area contributed by atoms with E-state index in [0.29, 0.717) is 17.7 Å². The number of phenolic OH excluding ortho intramolecular Hbond substituents is 2. The lowest BCUT2D eigenvalue weighted by molar-refractivity contribution is -0.123. The summed E-state index contributed by atoms with van der Waals surface area (Å²) in [5.74, 6) is -1.50. The second-order valence-electron chi connectivity index (χ2n) is 9.15. The van der Waals surface area contributed by atoms with Crippen LogP contribution in [0.25, 0.3) is 0 Å². The normalized spacial score (nSPS) is 17.4. The van der Waals surface area contributed by atoms with Gasteiger partial charge in [0.25, 0.3) is 0 Å². The number of aliphatic hydroxyl groups is 1. The molecule has 34 heavy (non-hydrogen) atoms. The van der Waals surface area contributed by atoms with Gasteiger partial charge in [0, 0.05) is 43.7 Å². The molecular weight excluding hydrogens is 434 g/mol. The molecule has 1 aliphatic rings. The van der Waals surface area contributed by atoms with Gasteiger partial charge in [-0.15, -0.1) is 0 Å². The molecule has 2 aromatic carbocycles. The number of hydrogen-bond acceptors (Lipinski definition) is 7. The van der Waals surface area contributed by atoms with Crippen LogP contribution in [0.2, 0.25) is 0 Å². The van der Waals surface area contributed by atoms with Crippen molar-refractivity contribution in [2.24, 2.45) is 5.73 Å². The summed E-state index contributed by atoms with van der Waals surface area (Å²) in [5, 5.41) is 34.9. The van der Waals surface area contributed by atoms with Crippen molar-refractivity contribution >= 4 is 5.91 Å². The lowest BCUT2D eigenvalue weighted by atomic mass is 9.81. The molecule has 186 valence electrons. The van der Waals surface area contributed by atoms with Crippen molar-refractivity contribution in [1.29, 1.82) is 0 Å². The minimum Gasteiger partial charge on any atom is -0.508 e. The van der Waals surface area contributed by atoms with Crippen molar-refractivity contribution in [2.75, 3.05) is 32.8 Å². The number of phenols is 2. The maximum atomic E-state index is 12.7. The Labute approximate surface area is 201 Å². The number of ether oxygens (including phenoxy) is 1. The molecule has 6 N–H and O–H groups in total. The van der Waals surface area contributed by atoms with Crippen LogP contribution in [0.3, 0.4) is 0 Å². The maximum absolute atomic E-state index is 12.7. The number of likely N-dealkylation sites (N-methyl/N-ethyl adjacent to an activating group) is 1. The molecule has 0 spiro atoms. The lowest BCUT2D eigenvalue weighted by Gasteiger charge is -2.30. The van der Waals surface area contributed by atoms with Crippen LogP contribution in [0, 0.1) is 0 Å². The van der Waals surface area contributed by atoms with Crippen molar-refractivity contribution in [3.05, 3.63) is 58.7 Å². The van der Waals surface area contributed by atoms with Gasteiger partial charge in [0.1, 0.15) is 11.5 Å². The average Bonchev–Trinajstić information content (AvgIpc) is 2.80. The molecule has 0 bridgehead atoms. The molecule has 3 atom stereocenters. The van der Waals surface area contributed by atoms with E-state index in [2.05, 4.69) is 10.2 Å². The molecule has 0 aliphatic carbocycles. The van der Waals surface area contributed by atoms with E-state index in [1.165, 1.54) is 6.07 Å². The van der Waals surface area contributed by atoms with Gasteiger partial charge < -0.3 is 31.1 Å². The van der Waals surface area contributed by atoms with Crippen LogP contribution in [0.15, 0.2) is 36.4 Å². The first-order valence-corrected chi connectivity index (χ1v) is 11.9. The highest BCUT2D eigenvalue weighted by Crippen LogP contribution is 2.41. The number of carbonyl (C=O) groups is 1. The molecule has 0 radical (unpaired) electrons. The Bertz CT molecular complexity index is 958. The van der Waals surface area contributed by atoms with Crippen molar-refractivity contribution in [3.63, 3.8) is 0 Å². The fourth-order valence-electron chi connectivity index (χ4n) is 4.41. The smallest absolute Gasteiger partial charge is 0.237 e. The van der Waals surface area contributed by atoms with E-state index < -0.39 is 18.1 Å². The van der Waals surface area contributed by atoms with Gasteiger partial charge in [0.15, 0.2) is 0 Å². The number of benzene rings is 2. The second-order valence-corrected chi connectivity index (χ2v) is 9.15. The number of amides is 1. The van der Waals surface area contributed by atoms with Crippen LogP contribution in [0.5, 0.6) is 11.5 Å². The molecule has 3 unspecified atom stereocenters. The van der Waals surface area contributed by atoms with E-state index in [4.69, 9.17) is 10.5 Å².